The third-order valence-corrected chi connectivity index (χ3v) is 5.23. The summed E-state index contributed by atoms with van der Waals surface area (Å²) in [5.74, 6) is 0.806. The standard InChI is InChI=1S/C19H24N4O2/c1-6-19(15-24-13-16-3-9-20-10-4-16)14-23(11-5-17(19)25-12-1)18-21-7-2-8-22-18/h2-4,7-10,17H,1,5-6,11-15H2/t17-,19+/m0/s1. The smallest absolute Gasteiger partial charge is 0.225 e. The van der Waals surface area contributed by atoms with Gasteiger partial charge in [-0.1, -0.05) is 0 Å². The molecule has 2 aromatic heterocycles. The number of piperidine rings is 1. The van der Waals surface area contributed by atoms with E-state index in [-0.39, 0.29) is 11.5 Å². The van der Waals surface area contributed by atoms with Crippen LogP contribution in [0.3, 0.4) is 0 Å². The van der Waals surface area contributed by atoms with Gasteiger partial charge in [-0.3, -0.25) is 4.98 Å². The highest BCUT2D eigenvalue weighted by atomic mass is 16.5. The van der Waals surface area contributed by atoms with Crippen LogP contribution in [-0.4, -0.2) is 47.4 Å². The predicted octanol–water partition coefficient (Wildman–Crippen LogP) is 2.46. The maximum absolute atomic E-state index is 6.13. The first-order chi connectivity index (χ1) is 12.4. The van der Waals surface area contributed by atoms with Gasteiger partial charge in [-0.2, -0.15) is 0 Å². The van der Waals surface area contributed by atoms with E-state index in [0.29, 0.717) is 13.2 Å². The lowest BCUT2D eigenvalue weighted by Gasteiger charge is -2.50. The van der Waals surface area contributed by atoms with Gasteiger partial charge in [0.2, 0.25) is 5.95 Å². The summed E-state index contributed by atoms with van der Waals surface area (Å²) in [6, 6.07) is 5.85. The van der Waals surface area contributed by atoms with Crippen molar-refractivity contribution in [2.75, 3.05) is 31.2 Å². The second-order valence-electron chi connectivity index (χ2n) is 6.93. The Hall–Kier alpha value is -2.05. The summed E-state index contributed by atoms with van der Waals surface area (Å²) in [5, 5.41) is 0. The van der Waals surface area contributed by atoms with Crippen molar-refractivity contribution in [2.24, 2.45) is 5.41 Å². The molecule has 0 saturated carbocycles. The highest BCUT2D eigenvalue weighted by molar-refractivity contribution is 5.31. The van der Waals surface area contributed by atoms with Crippen molar-refractivity contribution in [3.63, 3.8) is 0 Å². The average molecular weight is 340 g/mol. The molecule has 2 aliphatic heterocycles. The lowest BCUT2D eigenvalue weighted by atomic mass is 9.73. The van der Waals surface area contributed by atoms with Gasteiger partial charge in [-0.05, 0) is 43.0 Å². The Bertz CT molecular complexity index is 670. The van der Waals surface area contributed by atoms with Crippen LogP contribution in [0.4, 0.5) is 5.95 Å². The molecule has 4 rings (SSSR count). The quantitative estimate of drug-likeness (QED) is 0.833. The molecule has 6 heteroatoms. The van der Waals surface area contributed by atoms with E-state index in [1.54, 1.807) is 24.8 Å². The fraction of sp³-hybridized carbons (Fsp3) is 0.526. The van der Waals surface area contributed by atoms with Crippen molar-refractivity contribution in [1.29, 1.82) is 0 Å². The van der Waals surface area contributed by atoms with Crippen molar-refractivity contribution in [3.8, 4) is 0 Å². The van der Waals surface area contributed by atoms with E-state index in [1.807, 2.05) is 18.2 Å². The SMILES string of the molecule is c1cnc(N2CC[C@@H]3OCCC[C@]3(COCc3ccncc3)C2)nc1. The second-order valence-corrected chi connectivity index (χ2v) is 6.93. The summed E-state index contributed by atoms with van der Waals surface area (Å²) in [6.45, 7) is 3.99. The molecule has 0 amide bonds. The number of nitrogens with zero attached hydrogens (tertiary/aromatic N) is 4. The Kier molecular flexibility index (Phi) is 4.90. The molecule has 0 aliphatic carbocycles. The van der Waals surface area contributed by atoms with E-state index < -0.39 is 0 Å². The minimum absolute atomic E-state index is 0.0166. The maximum Gasteiger partial charge on any atom is 0.225 e. The summed E-state index contributed by atoms with van der Waals surface area (Å²) >= 11 is 0. The molecule has 0 spiro atoms. The highest BCUT2D eigenvalue weighted by Crippen LogP contribution is 2.41. The second kappa shape index (κ2) is 7.45. The maximum atomic E-state index is 6.13. The van der Waals surface area contributed by atoms with Gasteiger partial charge in [-0.15, -0.1) is 0 Å². The number of fused-ring (bicyclic) bond motifs is 1. The largest absolute Gasteiger partial charge is 0.377 e. The van der Waals surface area contributed by atoms with E-state index in [4.69, 9.17) is 9.47 Å². The molecule has 25 heavy (non-hydrogen) atoms. The third-order valence-electron chi connectivity index (χ3n) is 5.23. The van der Waals surface area contributed by atoms with Gasteiger partial charge in [0.1, 0.15) is 0 Å². The lowest BCUT2D eigenvalue weighted by Crippen LogP contribution is -2.57. The van der Waals surface area contributed by atoms with E-state index in [2.05, 4.69) is 19.9 Å². The van der Waals surface area contributed by atoms with Gasteiger partial charge in [0, 0.05) is 49.9 Å². The van der Waals surface area contributed by atoms with E-state index in [0.717, 1.165) is 50.5 Å². The van der Waals surface area contributed by atoms with Gasteiger partial charge in [-0.25, -0.2) is 9.97 Å². The normalized spacial score (nSPS) is 26.2. The van der Waals surface area contributed by atoms with Gasteiger partial charge in [0.15, 0.2) is 0 Å². The highest BCUT2D eigenvalue weighted by Gasteiger charge is 2.46. The molecule has 0 aromatic carbocycles. The first-order valence-electron chi connectivity index (χ1n) is 8.96. The number of hydrogen-bond acceptors (Lipinski definition) is 6. The molecule has 2 aliphatic rings. The number of ether oxygens (including phenoxy) is 2. The Morgan fingerprint density at radius 3 is 2.88 bits per heavy atom. The van der Waals surface area contributed by atoms with E-state index in [9.17, 15) is 0 Å². The van der Waals surface area contributed by atoms with Crippen molar-refractivity contribution < 1.29 is 9.47 Å². The molecule has 0 N–H and O–H groups in total. The third kappa shape index (κ3) is 3.65. The first kappa shape index (κ1) is 16.4. The summed E-state index contributed by atoms with van der Waals surface area (Å²) in [6.07, 6.45) is 10.7. The minimum Gasteiger partial charge on any atom is -0.377 e. The lowest BCUT2D eigenvalue weighted by molar-refractivity contribution is -0.127. The fourth-order valence-electron chi connectivity index (χ4n) is 3.98. The topological polar surface area (TPSA) is 60.4 Å². The van der Waals surface area contributed by atoms with Gasteiger partial charge in [0.25, 0.3) is 0 Å². The molecular formula is C19H24N4O2. The van der Waals surface area contributed by atoms with E-state index >= 15 is 0 Å². The average Bonchev–Trinajstić information content (AvgIpc) is 2.69. The van der Waals surface area contributed by atoms with E-state index in [1.165, 1.54) is 0 Å². The summed E-state index contributed by atoms with van der Waals surface area (Å²) < 4.78 is 12.2. The Morgan fingerprint density at radius 1 is 1.20 bits per heavy atom. The van der Waals surface area contributed by atoms with Crippen LogP contribution in [0.1, 0.15) is 24.8 Å². The van der Waals surface area contributed by atoms with Crippen LogP contribution >= 0.6 is 0 Å². The number of aromatic nitrogens is 3. The zero-order chi connectivity index (χ0) is 17.0. The van der Waals surface area contributed by atoms with Crippen LogP contribution in [0.25, 0.3) is 0 Å². The molecule has 2 fully saturated rings. The number of hydrogen-bond donors (Lipinski definition) is 0. The molecule has 132 valence electrons. The van der Waals surface area contributed by atoms with Gasteiger partial charge in [0.05, 0.1) is 19.3 Å². The van der Waals surface area contributed by atoms with Crippen molar-refractivity contribution in [2.45, 2.75) is 32.0 Å². The van der Waals surface area contributed by atoms with Crippen molar-refractivity contribution in [1.82, 2.24) is 15.0 Å². The molecule has 2 aromatic rings. The molecule has 0 bridgehead atoms. The minimum atomic E-state index is 0.0166. The summed E-state index contributed by atoms with van der Waals surface area (Å²) in [4.78, 5) is 15.2. The molecule has 0 unspecified atom stereocenters. The van der Waals surface area contributed by atoms with Crippen LogP contribution in [0.2, 0.25) is 0 Å². The van der Waals surface area contributed by atoms with Crippen LogP contribution in [0.15, 0.2) is 43.0 Å². The Balaban J connectivity index is 1.46. The zero-order valence-corrected chi connectivity index (χ0v) is 14.4. The Labute approximate surface area is 148 Å². The predicted molar refractivity (Wildman–Crippen MR) is 94.2 cm³/mol. The Morgan fingerprint density at radius 2 is 2.04 bits per heavy atom. The van der Waals surface area contributed by atoms with Gasteiger partial charge >= 0.3 is 0 Å². The monoisotopic (exact) mass is 340 g/mol. The number of rotatable bonds is 5. The summed E-state index contributed by atoms with van der Waals surface area (Å²) in [7, 11) is 0. The molecule has 6 nitrogen and oxygen atoms in total. The van der Waals surface area contributed by atoms with Crippen molar-refractivity contribution >= 4 is 5.95 Å². The van der Waals surface area contributed by atoms with Crippen LogP contribution in [-0.2, 0) is 16.1 Å². The number of anilines is 1. The number of pyridine rings is 1. The van der Waals surface area contributed by atoms with Crippen LogP contribution in [0, 0.1) is 5.41 Å². The molecular weight excluding hydrogens is 316 g/mol. The molecule has 2 atom stereocenters. The molecule has 0 radical (unpaired) electrons. The van der Waals surface area contributed by atoms with Crippen LogP contribution in [0.5, 0.6) is 0 Å². The van der Waals surface area contributed by atoms with Gasteiger partial charge < -0.3 is 14.4 Å². The van der Waals surface area contributed by atoms with Crippen LogP contribution < -0.4 is 4.90 Å². The summed E-state index contributed by atoms with van der Waals surface area (Å²) in [5.41, 5.74) is 1.17. The van der Waals surface area contributed by atoms with Crippen molar-refractivity contribution in [3.05, 3.63) is 48.5 Å². The molecule has 2 saturated heterocycles. The first-order valence-corrected chi connectivity index (χ1v) is 8.96. The zero-order valence-electron chi connectivity index (χ0n) is 14.4. The fourth-order valence-corrected chi connectivity index (χ4v) is 3.98. The molecule has 4 heterocycles.